The first-order valence-corrected chi connectivity index (χ1v) is 8.05. The Balaban J connectivity index is 1.94. The number of hydrogen-bond acceptors (Lipinski definition) is 4. The summed E-state index contributed by atoms with van der Waals surface area (Å²) in [5.41, 5.74) is 1.11. The number of amides is 4. The van der Waals surface area contributed by atoms with Gasteiger partial charge >= 0.3 is 0 Å². The van der Waals surface area contributed by atoms with Gasteiger partial charge in [-0.2, -0.15) is 0 Å². The summed E-state index contributed by atoms with van der Waals surface area (Å²) in [7, 11) is 0. The van der Waals surface area contributed by atoms with E-state index >= 15 is 0 Å². The van der Waals surface area contributed by atoms with Crippen molar-refractivity contribution in [3.63, 3.8) is 0 Å². The van der Waals surface area contributed by atoms with Crippen LogP contribution in [0.2, 0.25) is 0 Å². The van der Waals surface area contributed by atoms with Gasteiger partial charge in [0.1, 0.15) is 6.04 Å². The smallest absolute Gasteiger partial charge is 0.262 e. The Kier molecular flexibility index (Phi) is 4.01. The number of alkyl halides is 1. The molecular formula is C16H11BrN2O4. The van der Waals surface area contributed by atoms with E-state index in [-0.39, 0.29) is 24.0 Å². The van der Waals surface area contributed by atoms with Crippen molar-refractivity contribution >= 4 is 39.6 Å². The number of nitrogens with zero attached hydrogens (tertiary/aromatic N) is 1. The van der Waals surface area contributed by atoms with Crippen LogP contribution in [-0.4, -0.2) is 39.9 Å². The van der Waals surface area contributed by atoms with Crippen LogP contribution in [0.5, 0.6) is 0 Å². The molecule has 2 heterocycles. The number of rotatable bonds is 1. The zero-order valence-electron chi connectivity index (χ0n) is 11.9. The Morgan fingerprint density at radius 2 is 1.91 bits per heavy atom. The average molecular weight is 375 g/mol. The number of imide groups is 2. The molecule has 3 rings (SSSR count). The van der Waals surface area contributed by atoms with E-state index in [4.69, 9.17) is 0 Å². The van der Waals surface area contributed by atoms with E-state index in [2.05, 4.69) is 33.1 Å². The highest BCUT2D eigenvalue weighted by molar-refractivity contribution is 9.09. The molecular weight excluding hydrogens is 364 g/mol. The van der Waals surface area contributed by atoms with Gasteiger partial charge in [-0.15, -0.1) is 0 Å². The molecule has 6 nitrogen and oxygen atoms in total. The quantitative estimate of drug-likeness (QED) is 0.448. The Morgan fingerprint density at radius 1 is 1.17 bits per heavy atom. The van der Waals surface area contributed by atoms with Crippen LogP contribution in [0.25, 0.3) is 0 Å². The lowest BCUT2D eigenvalue weighted by Crippen LogP contribution is -2.54. The number of carbonyl (C=O) groups excluding carboxylic acids is 4. The lowest BCUT2D eigenvalue weighted by molar-refractivity contribution is -0.136. The third-order valence-corrected chi connectivity index (χ3v) is 4.02. The molecule has 0 saturated carbocycles. The molecule has 7 heteroatoms. The van der Waals surface area contributed by atoms with Crippen molar-refractivity contribution in [2.45, 2.75) is 18.9 Å². The molecule has 2 aliphatic rings. The fraction of sp³-hybridized carbons (Fsp3) is 0.250. The summed E-state index contributed by atoms with van der Waals surface area (Å²) in [5.74, 6) is 3.64. The molecule has 1 saturated heterocycles. The molecule has 23 heavy (non-hydrogen) atoms. The number of hydrogen-bond donors (Lipinski definition) is 1. The van der Waals surface area contributed by atoms with Crippen LogP contribution in [0.4, 0.5) is 0 Å². The van der Waals surface area contributed by atoms with Gasteiger partial charge < -0.3 is 0 Å². The van der Waals surface area contributed by atoms with Crippen molar-refractivity contribution in [3.8, 4) is 11.8 Å². The van der Waals surface area contributed by atoms with Crippen LogP contribution < -0.4 is 5.32 Å². The first-order chi connectivity index (χ1) is 11.0. The molecule has 1 atom stereocenters. The normalized spacial score (nSPS) is 20.0. The second kappa shape index (κ2) is 5.97. The van der Waals surface area contributed by atoms with Crippen molar-refractivity contribution < 1.29 is 19.2 Å². The van der Waals surface area contributed by atoms with E-state index in [1.165, 1.54) is 0 Å². The summed E-state index contributed by atoms with van der Waals surface area (Å²) >= 11 is 3.19. The molecule has 116 valence electrons. The second-order valence-electron chi connectivity index (χ2n) is 5.14. The SMILES string of the molecule is O=C1CCC(N2C(=O)c3ccc(C#CCBr)cc3C2=O)C(=O)N1. The predicted octanol–water partition coefficient (Wildman–Crippen LogP) is 0.834. The number of piperidine rings is 1. The van der Waals surface area contributed by atoms with Crippen molar-refractivity contribution in [1.29, 1.82) is 0 Å². The van der Waals surface area contributed by atoms with Gasteiger partial charge in [-0.1, -0.05) is 27.8 Å². The van der Waals surface area contributed by atoms with Crippen LogP contribution >= 0.6 is 15.9 Å². The first-order valence-electron chi connectivity index (χ1n) is 6.93. The van der Waals surface area contributed by atoms with Gasteiger partial charge in [0.2, 0.25) is 11.8 Å². The van der Waals surface area contributed by atoms with Gasteiger partial charge in [0.25, 0.3) is 11.8 Å². The largest absolute Gasteiger partial charge is 0.295 e. The molecule has 2 aliphatic heterocycles. The molecule has 0 aromatic heterocycles. The lowest BCUT2D eigenvalue weighted by Gasteiger charge is -2.27. The van der Waals surface area contributed by atoms with E-state index in [0.717, 1.165) is 4.90 Å². The summed E-state index contributed by atoms with van der Waals surface area (Å²) in [6, 6.07) is 3.81. The monoisotopic (exact) mass is 374 g/mol. The minimum Gasteiger partial charge on any atom is -0.295 e. The van der Waals surface area contributed by atoms with Crippen molar-refractivity contribution in [1.82, 2.24) is 10.2 Å². The van der Waals surface area contributed by atoms with Crippen LogP contribution in [0.1, 0.15) is 39.1 Å². The van der Waals surface area contributed by atoms with E-state index < -0.39 is 29.7 Å². The molecule has 0 spiro atoms. The molecule has 1 unspecified atom stereocenters. The predicted molar refractivity (Wildman–Crippen MR) is 83.8 cm³/mol. The maximum atomic E-state index is 12.5. The summed E-state index contributed by atoms with van der Waals surface area (Å²) in [6.07, 6.45) is 0.248. The standard InChI is InChI=1S/C16H11BrN2O4/c17-7-1-2-9-3-4-10-11(8-9)16(23)19(15(10)22)12-5-6-13(20)18-14(12)21/h3-4,8,12H,5-7H2,(H,18,20,21). The second-order valence-corrected chi connectivity index (χ2v) is 5.70. The van der Waals surface area contributed by atoms with Gasteiger partial charge in [-0.3, -0.25) is 29.4 Å². The Hall–Kier alpha value is -2.46. The molecule has 4 amide bonds. The fourth-order valence-electron chi connectivity index (χ4n) is 2.68. The Labute approximate surface area is 140 Å². The minimum atomic E-state index is -0.947. The maximum Gasteiger partial charge on any atom is 0.262 e. The summed E-state index contributed by atoms with van der Waals surface area (Å²) in [5, 5.41) is 2.66. The summed E-state index contributed by atoms with van der Waals surface area (Å²) in [6.45, 7) is 0. The van der Waals surface area contributed by atoms with Crippen LogP contribution in [0, 0.1) is 11.8 Å². The first kappa shape index (κ1) is 15.4. The maximum absolute atomic E-state index is 12.5. The third-order valence-electron chi connectivity index (χ3n) is 3.74. The average Bonchev–Trinajstić information content (AvgIpc) is 2.77. The molecule has 1 aromatic carbocycles. The molecule has 0 radical (unpaired) electrons. The van der Waals surface area contributed by atoms with Gasteiger partial charge in [-0.05, 0) is 24.6 Å². The van der Waals surface area contributed by atoms with E-state index in [1.807, 2.05) is 0 Å². The number of benzene rings is 1. The Morgan fingerprint density at radius 3 is 2.61 bits per heavy atom. The molecule has 1 N–H and O–H groups in total. The van der Waals surface area contributed by atoms with Gasteiger partial charge in [0.05, 0.1) is 16.5 Å². The van der Waals surface area contributed by atoms with Crippen LogP contribution in [0.15, 0.2) is 18.2 Å². The van der Waals surface area contributed by atoms with E-state index in [9.17, 15) is 19.2 Å². The number of carbonyl (C=O) groups is 4. The van der Waals surface area contributed by atoms with Gasteiger partial charge in [-0.25, -0.2) is 0 Å². The van der Waals surface area contributed by atoms with Crippen LogP contribution in [-0.2, 0) is 9.59 Å². The summed E-state index contributed by atoms with van der Waals surface area (Å²) in [4.78, 5) is 49.1. The molecule has 0 aliphatic carbocycles. The minimum absolute atomic E-state index is 0.103. The van der Waals surface area contributed by atoms with Crippen molar-refractivity contribution in [2.75, 3.05) is 5.33 Å². The van der Waals surface area contributed by atoms with Crippen molar-refractivity contribution in [3.05, 3.63) is 34.9 Å². The zero-order valence-corrected chi connectivity index (χ0v) is 13.5. The van der Waals surface area contributed by atoms with Crippen LogP contribution in [0.3, 0.4) is 0 Å². The third kappa shape index (κ3) is 2.66. The van der Waals surface area contributed by atoms with Gasteiger partial charge in [0, 0.05) is 12.0 Å². The highest BCUT2D eigenvalue weighted by Crippen LogP contribution is 2.28. The molecule has 1 fully saturated rings. The van der Waals surface area contributed by atoms with E-state index in [0.29, 0.717) is 10.9 Å². The van der Waals surface area contributed by atoms with E-state index in [1.54, 1.807) is 18.2 Å². The fourth-order valence-corrected chi connectivity index (χ4v) is 2.82. The number of nitrogens with one attached hydrogen (secondary N) is 1. The molecule has 0 bridgehead atoms. The lowest BCUT2D eigenvalue weighted by atomic mass is 10.0. The highest BCUT2D eigenvalue weighted by atomic mass is 79.9. The number of halogens is 1. The summed E-state index contributed by atoms with van der Waals surface area (Å²) < 4.78 is 0. The zero-order chi connectivity index (χ0) is 16.6. The number of fused-ring (bicyclic) bond motifs is 1. The Bertz CT molecular complexity index is 806. The van der Waals surface area contributed by atoms with Crippen molar-refractivity contribution in [2.24, 2.45) is 0 Å². The highest BCUT2D eigenvalue weighted by Gasteiger charge is 2.44. The topological polar surface area (TPSA) is 83.6 Å². The van der Waals surface area contributed by atoms with Gasteiger partial charge in [0.15, 0.2) is 0 Å². The molecule has 1 aromatic rings.